The number of imide groups is 1. The van der Waals surface area contributed by atoms with Crippen molar-refractivity contribution in [2.24, 2.45) is 11.1 Å². The largest absolute Gasteiger partial charge is 0.493 e. The summed E-state index contributed by atoms with van der Waals surface area (Å²) < 4.78 is 11.3. The van der Waals surface area contributed by atoms with Crippen molar-refractivity contribution in [3.8, 4) is 11.5 Å². The van der Waals surface area contributed by atoms with Gasteiger partial charge in [0.1, 0.15) is 11.6 Å². The van der Waals surface area contributed by atoms with Gasteiger partial charge in [0, 0.05) is 10.0 Å². The lowest BCUT2D eigenvalue weighted by Crippen LogP contribution is -2.33. The Balaban J connectivity index is 1.70. The summed E-state index contributed by atoms with van der Waals surface area (Å²) in [6.45, 7) is 0. The van der Waals surface area contributed by atoms with Crippen molar-refractivity contribution in [2.45, 2.75) is 6.10 Å². The molecule has 0 bridgehead atoms. The van der Waals surface area contributed by atoms with Crippen molar-refractivity contribution in [1.82, 2.24) is 0 Å². The monoisotopic (exact) mass is 430 g/mol. The Morgan fingerprint density at radius 2 is 1.81 bits per heavy atom. The fourth-order valence-electron chi connectivity index (χ4n) is 3.28. The molecule has 0 aliphatic carbocycles. The van der Waals surface area contributed by atoms with E-state index < -0.39 is 17.9 Å². The van der Waals surface area contributed by atoms with Crippen LogP contribution in [-0.4, -0.2) is 37.8 Å². The number of fused-ring (bicyclic) bond motifs is 1. The number of rotatable bonds is 4. The number of oxime groups is 1. The minimum Gasteiger partial charge on any atom is -0.493 e. The highest BCUT2D eigenvalue weighted by Crippen LogP contribution is 2.37. The van der Waals surface area contributed by atoms with Crippen LogP contribution in [0.5, 0.6) is 11.5 Å². The average Bonchev–Trinajstić information content (AvgIpc) is 3.21. The lowest BCUT2D eigenvalue weighted by atomic mass is 9.94. The topological polar surface area (TPSA) is 77.4 Å². The van der Waals surface area contributed by atoms with Crippen LogP contribution in [0, 0.1) is 5.92 Å². The van der Waals surface area contributed by atoms with Crippen LogP contribution >= 0.6 is 15.9 Å². The molecule has 2 atom stereocenters. The van der Waals surface area contributed by atoms with Gasteiger partial charge in [0.2, 0.25) is 12.0 Å². The zero-order valence-corrected chi connectivity index (χ0v) is 16.1. The third kappa shape index (κ3) is 2.76. The van der Waals surface area contributed by atoms with E-state index in [9.17, 15) is 9.59 Å². The zero-order valence-electron chi connectivity index (χ0n) is 14.5. The number of halogens is 1. The number of benzene rings is 2. The third-order valence-corrected chi connectivity index (χ3v) is 5.05. The standard InChI is InChI=1S/C19H15BrN2O5/c1-25-13-7-6-10(8-14(13)26-2)16-15-17(27-21-16)19(24)22(18(15)23)12-5-3-4-11(20)9-12/h3-9,15,17H,1-2H3/t15-,17+/m0/s1. The average molecular weight is 431 g/mol. The molecule has 7 nitrogen and oxygen atoms in total. The first kappa shape index (κ1) is 17.5. The Bertz CT molecular complexity index is 974. The Morgan fingerprint density at radius 1 is 1.04 bits per heavy atom. The minimum absolute atomic E-state index is 0.367. The highest BCUT2D eigenvalue weighted by molar-refractivity contribution is 9.10. The van der Waals surface area contributed by atoms with Gasteiger partial charge in [-0.3, -0.25) is 9.59 Å². The maximum Gasteiger partial charge on any atom is 0.278 e. The van der Waals surface area contributed by atoms with Crippen molar-refractivity contribution in [3.63, 3.8) is 0 Å². The van der Waals surface area contributed by atoms with E-state index >= 15 is 0 Å². The second kappa shape index (κ2) is 6.70. The molecular weight excluding hydrogens is 416 g/mol. The predicted molar refractivity (Wildman–Crippen MR) is 101 cm³/mol. The molecule has 1 saturated heterocycles. The van der Waals surface area contributed by atoms with Gasteiger partial charge in [0.25, 0.3) is 5.91 Å². The third-order valence-electron chi connectivity index (χ3n) is 4.56. The Kier molecular flexibility index (Phi) is 4.35. The van der Waals surface area contributed by atoms with Crippen molar-refractivity contribution in [2.75, 3.05) is 19.1 Å². The van der Waals surface area contributed by atoms with Gasteiger partial charge in [-0.1, -0.05) is 27.2 Å². The van der Waals surface area contributed by atoms with E-state index in [1.165, 1.54) is 7.11 Å². The molecule has 4 rings (SSSR count). The van der Waals surface area contributed by atoms with Crippen LogP contribution < -0.4 is 14.4 Å². The first-order valence-electron chi connectivity index (χ1n) is 8.14. The lowest BCUT2D eigenvalue weighted by molar-refractivity contribution is -0.126. The first-order valence-corrected chi connectivity index (χ1v) is 8.94. The van der Waals surface area contributed by atoms with E-state index in [1.54, 1.807) is 43.5 Å². The van der Waals surface area contributed by atoms with E-state index in [2.05, 4.69) is 21.1 Å². The highest BCUT2D eigenvalue weighted by Gasteiger charge is 2.56. The molecule has 2 aromatic rings. The predicted octanol–water partition coefficient (Wildman–Crippen LogP) is 2.76. The van der Waals surface area contributed by atoms with E-state index in [4.69, 9.17) is 14.3 Å². The number of amides is 2. The second-order valence-electron chi connectivity index (χ2n) is 6.04. The fraction of sp³-hybridized carbons (Fsp3) is 0.211. The van der Waals surface area contributed by atoms with Crippen LogP contribution in [0.1, 0.15) is 5.56 Å². The molecule has 2 aliphatic rings. The molecule has 8 heteroatoms. The van der Waals surface area contributed by atoms with E-state index in [0.29, 0.717) is 28.5 Å². The number of hydrogen-bond donors (Lipinski definition) is 0. The molecule has 0 N–H and O–H groups in total. The first-order chi connectivity index (χ1) is 13.0. The Morgan fingerprint density at radius 3 is 2.52 bits per heavy atom. The van der Waals surface area contributed by atoms with Gasteiger partial charge in [-0.05, 0) is 36.4 Å². The normalized spacial score (nSPS) is 21.0. The molecule has 0 saturated carbocycles. The van der Waals surface area contributed by atoms with Gasteiger partial charge in [-0.25, -0.2) is 4.90 Å². The van der Waals surface area contributed by atoms with Crippen LogP contribution in [0.15, 0.2) is 52.1 Å². The molecule has 2 aliphatic heterocycles. The van der Waals surface area contributed by atoms with E-state index in [-0.39, 0.29) is 5.91 Å². The minimum atomic E-state index is -0.959. The van der Waals surface area contributed by atoms with Crippen LogP contribution in [0.2, 0.25) is 0 Å². The zero-order chi connectivity index (χ0) is 19.1. The van der Waals surface area contributed by atoms with Gasteiger partial charge < -0.3 is 14.3 Å². The SMILES string of the molecule is COc1ccc(C2=NO[C@H]3C(=O)N(c4cccc(Br)c4)C(=O)[C@@H]23)cc1OC. The van der Waals surface area contributed by atoms with Crippen LogP contribution in [0.3, 0.4) is 0 Å². The summed E-state index contributed by atoms with van der Waals surface area (Å²) in [5.41, 5.74) is 1.53. The summed E-state index contributed by atoms with van der Waals surface area (Å²) in [4.78, 5) is 32.3. The van der Waals surface area contributed by atoms with Crippen molar-refractivity contribution in [3.05, 3.63) is 52.5 Å². The molecule has 0 radical (unpaired) electrons. The van der Waals surface area contributed by atoms with Gasteiger partial charge in [-0.15, -0.1) is 0 Å². The highest BCUT2D eigenvalue weighted by atomic mass is 79.9. The molecule has 1 fully saturated rings. The summed E-state index contributed by atoms with van der Waals surface area (Å²) in [5, 5.41) is 4.01. The molecular formula is C19H15BrN2O5. The van der Waals surface area contributed by atoms with Gasteiger partial charge in [0.05, 0.1) is 19.9 Å². The molecule has 2 heterocycles. The van der Waals surface area contributed by atoms with Crippen LogP contribution in [0.25, 0.3) is 0 Å². The van der Waals surface area contributed by atoms with E-state index in [1.807, 2.05) is 6.07 Å². The van der Waals surface area contributed by atoms with Crippen molar-refractivity contribution < 1.29 is 23.9 Å². The number of carbonyl (C=O) groups excluding carboxylic acids is 2. The number of nitrogens with zero attached hydrogens (tertiary/aromatic N) is 2. The number of hydrogen-bond acceptors (Lipinski definition) is 6. The summed E-state index contributed by atoms with van der Waals surface area (Å²) in [5.74, 6) is -0.533. The maximum atomic E-state index is 13.0. The maximum absolute atomic E-state index is 13.0. The number of anilines is 1. The summed E-state index contributed by atoms with van der Waals surface area (Å²) in [6, 6.07) is 12.2. The quantitative estimate of drug-likeness (QED) is 0.696. The van der Waals surface area contributed by atoms with E-state index in [0.717, 1.165) is 9.37 Å². The lowest BCUT2D eigenvalue weighted by Gasteiger charge is -2.16. The summed E-state index contributed by atoms with van der Waals surface area (Å²) in [6.07, 6.45) is -0.959. The van der Waals surface area contributed by atoms with Crippen LogP contribution in [0.4, 0.5) is 5.69 Å². The number of ether oxygens (including phenoxy) is 2. The molecule has 0 unspecified atom stereocenters. The smallest absolute Gasteiger partial charge is 0.278 e. The number of methoxy groups -OCH3 is 2. The number of carbonyl (C=O) groups is 2. The Labute approximate surface area is 163 Å². The summed E-state index contributed by atoms with van der Waals surface area (Å²) >= 11 is 3.36. The van der Waals surface area contributed by atoms with Gasteiger partial charge in [-0.2, -0.15) is 0 Å². The summed E-state index contributed by atoms with van der Waals surface area (Å²) in [7, 11) is 3.06. The molecule has 27 heavy (non-hydrogen) atoms. The van der Waals surface area contributed by atoms with Gasteiger partial charge >= 0.3 is 0 Å². The molecule has 2 aromatic carbocycles. The van der Waals surface area contributed by atoms with Crippen molar-refractivity contribution in [1.29, 1.82) is 0 Å². The molecule has 0 aromatic heterocycles. The molecule has 138 valence electrons. The fourth-order valence-corrected chi connectivity index (χ4v) is 3.67. The van der Waals surface area contributed by atoms with Gasteiger partial charge in [0.15, 0.2) is 11.5 Å². The molecule has 0 spiro atoms. The van der Waals surface area contributed by atoms with Crippen LogP contribution in [-0.2, 0) is 14.4 Å². The van der Waals surface area contributed by atoms with Crippen molar-refractivity contribution >= 4 is 39.1 Å². The molecule has 2 amide bonds. The Hall–Kier alpha value is -2.87. The second-order valence-corrected chi connectivity index (χ2v) is 6.96.